The van der Waals surface area contributed by atoms with E-state index in [1.165, 1.54) is 11.1 Å². The highest BCUT2D eigenvalue weighted by Gasteiger charge is 2.25. The number of rotatable bonds is 6. The summed E-state index contributed by atoms with van der Waals surface area (Å²) < 4.78 is 0. The molecule has 0 aliphatic rings. The van der Waals surface area contributed by atoms with E-state index in [1.807, 2.05) is 48.5 Å². The second kappa shape index (κ2) is 7.47. The van der Waals surface area contributed by atoms with Crippen molar-refractivity contribution in [2.75, 3.05) is 22.1 Å². The van der Waals surface area contributed by atoms with Crippen LogP contribution < -0.4 is 22.1 Å². The molecule has 0 unspecified atom stereocenters. The fourth-order valence-corrected chi connectivity index (χ4v) is 3.30. The second-order valence-electron chi connectivity index (χ2n) is 8.32. The fourth-order valence-electron chi connectivity index (χ4n) is 3.30. The van der Waals surface area contributed by atoms with Gasteiger partial charge in [-0.25, -0.2) is 0 Å². The normalized spacial score (nSPS) is 11.9. The van der Waals surface area contributed by atoms with Gasteiger partial charge in [0.25, 0.3) is 0 Å². The van der Waals surface area contributed by atoms with Crippen molar-refractivity contribution in [1.82, 2.24) is 0 Å². The highest BCUT2D eigenvalue weighted by Crippen LogP contribution is 2.31. The first kappa shape index (κ1) is 19.6. The van der Waals surface area contributed by atoms with Crippen molar-refractivity contribution >= 4 is 22.7 Å². The molecule has 3 aromatic carbocycles. The highest BCUT2D eigenvalue weighted by atomic mass is 15.0. The summed E-state index contributed by atoms with van der Waals surface area (Å²) in [5, 5.41) is 7.21. The maximum atomic E-state index is 5.80. The summed E-state index contributed by atoms with van der Waals surface area (Å²) in [7, 11) is 0. The largest absolute Gasteiger partial charge is 0.399 e. The van der Waals surface area contributed by atoms with Crippen LogP contribution in [-0.4, -0.2) is 0 Å². The lowest BCUT2D eigenvalue weighted by molar-refractivity contribution is 0.587. The summed E-state index contributed by atoms with van der Waals surface area (Å²) in [5.74, 6) is 0. The van der Waals surface area contributed by atoms with Crippen LogP contribution >= 0.6 is 0 Å². The van der Waals surface area contributed by atoms with Crippen LogP contribution in [0.4, 0.5) is 22.7 Å². The molecule has 0 radical (unpaired) electrons. The molecule has 3 aromatic rings. The molecule has 0 saturated carbocycles. The average Bonchev–Trinajstić information content (AvgIpc) is 2.65. The van der Waals surface area contributed by atoms with Crippen molar-refractivity contribution in [1.29, 1.82) is 0 Å². The van der Waals surface area contributed by atoms with E-state index >= 15 is 0 Å². The smallest absolute Gasteiger partial charge is 0.0569 e. The predicted octanol–water partition coefficient (Wildman–Crippen LogP) is 5.55. The molecule has 0 heterocycles. The Morgan fingerprint density at radius 3 is 1.29 bits per heavy atom. The summed E-state index contributed by atoms with van der Waals surface area (Å²) in [5.41, 5.74) is 17.2. The van der Waals surface area contributed by atoms with Gasteiger partial charge in [0.15, 0.2) is 0 Å². The topological polar surface area (TPSA) is 76.1 Å². The first-order valence-electron chi connectivity index (χ1n) is 9.54. The zero-order valence-corrected chi connectivity index (χ0v) is 17.1. The van der Waals surface area contributed by atoms with Crippen LogP contribution in [0.3, 0.4) is 0 Å². The van der Waals surface area contributed by atoms with E-state index in [2.05, 4.69) is 62.6 Å². The summed E-state index contributed by atoms with van der Waals surface area (Å²) in [6.07, 6.45) is 0. The van der Waals surface area contributed by atoms with Gasteiger partial charge in [-0.15, -0.1) is 0 Å². The maximum Gasteiger partial charge on any atom is 0.0569 e. The second-order valence-corrected chi connectivity index (χ2v) is 8.32. The molecular weight excluding hydrogens is 344 g/mol. The van der Waals surface area contributed by atoms with Crippen LogP contribution in [0.15, 0.2) is 72.8 Å². The van der Waals surface area contributed by atoms with Gasteiger partial charge in [-0.3, -0.25) is 0 Å². The van der Waals surface area contributed by atoms with Crippen molar-refractivity contribution < 1.29 is 0 Å². The van der Waals surface area contributed by atoms with E-state index < -0.39 is 0 Å². The van der Waals surface area contributed by atoms with Crippen molar-refractivity contribution in [2.24, 2.45) is 0 Å². The summed E-state index contributed by atoms with van der Waals surface area (Å²) in [4.78, 5) is 0. The van der Waals surface area contributed by atoms with Crippen LogP contribution in [0.5, 0.6) is 0 Å². The molecule has 3 rings (SSSR count). The molecule has 0 bridgehead atoms. The molecule has 0 aromatic heterocycles. The molecule has 0 aliphatic heterocycles. The fraction of sp³-hybridized carbons (Fsp3) is 0.250. The molecule has 4 heteroatoms. The van der Waals surface area contributed by atoms with Gasteiger partial charge in [0.2, 0.25) is 0 Å². The Balaban J connectivity index is 1.83. The number of nitrogens with two attached hydrogens (primary N) is 2. The SMILES string of the molecule is CC(C)(Nc1ccc(N)cc1)c1cccc(C(C)(C)Nc2ccc(N)cc2)c1. The lowest BCUT2D eigenvalue weighted by Gasteiger charge is -2.32. The third-order valence-electron chi connectivity index (χ3n) is 5.04. The van der Waals surface area contributed by atoms with E-state index in [0.717, 1.165) is 22.7 Å². The van der Waals surface area contributed by atoms with Gasteiger partial charge in [0.05, 0.1) is 11.1 Å². The minimum absolute atomic E-state index is 0.233. The van der Waals surface area contributed by atoms with E-state index in [4.69, 9.17) is 11.5 Å². The maximum absolute atomic E-state index is 5.80. The lowest BCUT2D eigenvalue weighted by Crippen LogP contribution is -2.31. The molecule has 0 atom stereocenters. The Hall–Kier alpha value is -3.14. The third-order valence-corrected chi connectivity index (χ3v) is 5.04. The van der Waals surface area contributed by atoms with E-state index in [1.54, 1.807) is 0 Å². The number of hydrogen-bond donors (Lipinski definition) is 4. The zero-order chi connectivity index (χ0) is 20.4. The van der Waals surface area contributed by atoms with Crippen LogP contribution in [0, 0.1) is 0 Å². The van der Waals surface area contributed by atoms with E-state index in [-0.39, 0.29) is 11.1 Å². The van der Waals surface area contributed by atoms with Crippen LogP contribution in [0.25, 0.3) is 0 Å². The Morgan fingerprint density at radius 1 is 0.571 bits per heavy atom. The van der Waals surface area contributed by atoms with Crippen LogP contribution in [-0.2, 0) is 11.1 Å². The molecule has 146 valence electrons. The molecular formula is C24H30N4. The minimum atomic E-state index is -0.233. The predicted molar refractivity (Wildman–Crippen MR) is 121 cm³/mol. The number of benzene rings is 3. The monoisotopic (exact) mass is 374 g/mol. The molecule has 0 spiro atoms. The number of anilines is 4. The number of nitrogen functional groups attached to an aromatic ring is 2. The standard InChI is InChI=1S/C24H30N4/c1-23(2,27-21-12-8-19(25)9-13-21)17-6-5-7-18(16-17)24(3,4)28-22-14-10-20(26)11-15-22/h5-16,27-28H,25-26H2,1-4H3. The van der Waals surface area contributed by atoms with Gasteiger partial charge in [0, 0.05) is 22.7 Å². The van der Waals surface area contributed by atoms with Crippen LogP contribution in [0.1, 0.15) is 38.8 Å². The van der Waals surface area contributed by atoms with Gasteiger partial charge in [-0.1, -0.05) is 24.3 Å². The molecule has 4 nitrogen and oxygen atoms in total. The Bertz CT molecular complexity index is 851. The quantitative estimate of drug-likeness (QED) is 0.427. The summed E-state index contributed by atoms with van der Waals surface area (Å²) in [6.45, 7) is 8.73. The molecule has 6 N–H and O–H groups in total. The zero-order valence-electron chi connectivity index (χ0n) is 17.1. The third kappa shape index (κ3) is 4.58. The van der Waals surface area contributed by atoms with Gasteiger partial charge >= 0.3 is 0 Å². The highest BCUT2D eigenvalue weighted by molar-refractivity contribution is 5.55. The van der Waals surface area contributed by atoms with Gasteiger partial charge < -0.3 is 22.1 Å². The number of hydrogen-bond acceptors (Lipinski definition) is 4. The van der Waals surface area contributed by atoms with Crippen molar-refractivity contribution in [3.63, 3.8) is 0 Å². The molecule has 28 heavy (non-hydrogen) atoms. The van der Waals surface area contributed by atoms with Gasteiger partial charge in [-0.05, 0) is 87.4 Å². The van der Waals surface area contributed by atoms with Crippen molar-refractivity contribution in [2.45, 2.75) is 38.8 Å². The summed E-state index contributed by atoms with van der Waals surface area (Å²) in [6, 6.07) is 24.4. The van der Waals surface area contributed by atoms with Crippen molar-refractivity contribution in [3.05, 3.63) is 83.9 Å². The average molecular weight is 375 g/mol. The van der Waals surface area contributed by atoms with E-state index in [0.29, 0.717) is 0 Å². The van der Waals surface area contributed by atoms with Gasteiger partial charge in [-0.2, -0.15) is 0 Å². The molecule has 0 saturated heterocycles. The first-order valence-corrected chi connectivity index (χ1v) is 9.54. The van der Waals surface area contributed by atoms with Crippen molar-refractivity contribution in [3.8, 4) is 0 Å². The Labute approximate surface area is 168 Å². The van der Waals surface area contributed by atoms with Crippen LogP contribution in [0.2, 0.25) is 0 Å². The lowest BCUT2D eigenvalue weighted by atomic mass is 9.87. The Kier molecular flexibility index (Phi) is 5.23. The molecule has 0 aliphatic carbocycles. The first-order chi connectivity index (χ1) is 13.2. The minimum Gasteiger partial charge on any atom is -0.399 e. The van der Waals surface area contributed by atoms with Gasteiger partial charge in [0.1, 0.15) is 0 Å². The van der Waals surface area contributed by atoms with E-state index in [9.17, 15) is 0 Å². The number of nitrogens with one attached hydrogen (secondary N) is 2. The molecule has 0 amide bonds. The summed E-state index contributed by atoms with van der Waals surface area (Å²) >= 11 is 0. The molecule has 0 fully saturated rings. The Morgan fingerprint density at radius 2 is 0.929 bits per heavy atom.